The lowest BCUT2D eigenvalue weighted by atomic mass is 10.0. The van der Waals surface area contributed by atoms with Gasteiger partial charge in [-0.15, -0.1) is 0 Å². The first-order valence-electron chi connectivity index (χ1n) is 9.82. The molecule has 0 spiro atoms. The molecule has 1 aliphatic heterocycles. The second kappa shape index (κ2) is 8.59. The van der Waals surface area contributed by atoms with Gasteiger partial charge in [0.2, 0.25) is 0 Å². The molecule has 0 atom stereocenters. The highest BCUT2D eigenvalue weighted by atomic mass is 19.1. The highest BCUT2D eigenvalue weighted by molar-refractivity contribution is 5.98. The van der Waals surface area contributed by atoms with Gasteiger partial charge in [0.05, 0.1) is 7.11 Å². The normalized spacial score (nSPS) is 14.0. The lowest BCUT2D eigenvalue weighted by Gasteiger charge is -2.10. The molecule has 1 N–H and O–H groups in total. The van der Waals surface area contributed by atoms with Crippen LogP contribution < -0.4 is 4.74 Å². The zero-order valence-electron chi connectivity index (χ0n) is 17.0. The van der Waals surface area contributed by atoms with Crippen LogP contribution in [0.1, 0.15) is 12.8 Å². The molecule has 0 aliphatic carbocycles. The molecule has 0 unspecified atom stereocenters. The number of rotatable bonds is 2. The van der Waals surface area contributed by atoms with Crippen molar-refractivity contribution in [3.63, 3.8) is 0 Å². The van der Waals surface area contributed by atoms with Crippen LogP contribution in [0.4, 0.5) is 4.39 Å². The standard InChI is InChI=1S/C18H12FN3O2.C5H11N/c1-24-18-21-9-11-8-20-17(15(19)16(11)22-18)14-7-12(23)6-10-4-2-3-5-13(10)14;1-6-4-2-3-5-6/h2-9,23H,1H3;2-5H2,1H3. The Kier molecular flexibility index (Phi) is 5.72. The van der Waals surface area contributed by atoms with E-state index in [4.69, 9.17) is 4.74 Å². The van der Waals surface area contributed by atoms with E-state index in [0.717, 1.165) is 10.8 Å². The number of phenolic OH excluding ortho intramolecular Hbond substituents is 1. The lowest BCUT2D eigenvalue weighted by Crippen LogP contribution is -2.10. The van der Waals surface area contributed by atoms with Crippen LogP contribution >= 0.6 is 0 Å². The molecule has 5 rings (SSSR count). The van der Waals surface area contributed by atoms with Crippen LogP contribution in [0.25, 0.3) is 32.9 Å². The topological polar surface area (TPSA) is 71.4 Å². The number of hydrogen-bond donors (Lipinski definition) is 1. The van der Waals surface area contributed by atoms with Crippen LogP contribution in [0.5, 0.6) is 11.8 Å². The number of nitrogens with zero attached hydrogens (tertiary/aromatic N) is 4. The number of pyridine rings is 1. The molecule has 6 nitrogen and oxygen atoms in total. The number of ether oxygens (including phenoxy) is 1. The first-order chi connectivity index (χ1) is 14.6. The first-order valence-corrected chi connectivity index (χ1v) is 9.82. The summed E-state index contributed by atoms with van der Waals surface area (Å²) in [6.07, 6.45) is 5.79. The van der Waals surface area contributed by atoms with Gasteiger partial charge < -0.3 is 14.7 Å². The van der Waals surface area contributed by atoms with Crippen molar-refractivity contribution in [3.05, 3.63) is 54.6 Å². The van der Waals surface area contributed by atoms with Crippen molar-refractivity contribution in [2.24, 2.45) is 0 Å². The van der Waals surface area contributed by atoms with Gasteiger partial charge in [0, 0.05) is 23.3 Å². The Morgan fingerprint density at radius 3 is 2.47 bits per heavy atom. The third-order valence-corrected chi connectivity index (χ3v) is 5.16. The smallest absolute Gasteiger partial charge is 0.316 e. The molecule has 0 saturated carbocycles. The molecule has 0 bridgehead atoms. The highest BCUT2D eigenvalue weighted by Gasteiger charge is 2.16. The van der Waals surface area contributed by atoms with Crippen molar-refractivity contribution in [3.8, 4) is 23.0 Å². The molecule has 3 heterocycles. The van der Waals surface area contributed by atoms with E-state index in [1.165, 1.54) is 51.5 Å². The van der Waals surface area contributed by atoms with E-state index in [1.54, 1.807) is 6.07 Å². The number of aromatic hydroxyl groups is 1. The molecule has 1 fully saturated rings. The Labute approximate surface area is 174 Å². The molecule has 4 aromatic rings. The third kappa shape index (κ3) is 4.02. The maximum Gasteiger partial charge on any atom is 0.316 e. The van der Waals surface area contributed by atoms with E-state index >= 15 is 4.39 Å². The summed E-state index contributed by atoms with van der Waals surface area (Å²) in [6, 6.07) is 10.6. The molecule has 0 radical (unpaired) electrons. The van der Waals surface area contributed by atoms with Crippen molar-refractivity contribution < 1.29 is 14.2 Å². The van der Waals surface area contributed by atoms with Crippen LogP contribution in [0, 0.1) is 5.82 Å². The molecule has 2 aromatic carbocycles. The van der Waals surface area contributed by atoms with Gasteiger partial charge in [-0.2, -0.15) is 4.98 Å². The Bertz CT molecular complexity index is 1190. The number of phenols is 1. The SMILES string of the molecule is CN1CCCC1.COc1ncc2cnc(-c3cc(O)cc4ccccc34)c(F)c2n1. The summed E-state index contributed by atoms with van der Waals surface area (Å²) in [6.45, 7) is 2.64. The van der Waals surface area contributed by atoms with E-state index in [9.17, 15) is 5.11 Å². The predicted octanol–water partition coefficient (Wildman–Crippen LogP) is 4.41. The van der Waals surface area contributed by atoms with Crippen LogP contribution in [-0.4, -0.2) is 52.2 Å². The Balaban J connectivity index is 0.000000313. The predicted molar refractivity (Wildman–Crippen MR) is 115 cm³/mol. The van der Waals surface area contributed by atoms with Crippen LogP contribution in [0.3, 0.4) is 0 Å². The molecule has 7 heteroatoms. The van der Waals surface area contributed by atoms with Crippen molar-refractivity contribution in [2.75, 3.05) is 27.2 Å². The minimum absolute atomic E-state index is 0.0465. The van der Waals surface area contributed by atoms with Gasteiger partial charge in [-0.1, -0.05) is 24.3 Å². The average molecular weight is 406 g/mol. The molecule has 30 heavy (non-hydrogen) atoms. The second-order valence-corrected chi connectivity index (χ2v) is 7.31. The van der Waals surface area contributed by atoms with E-state index < -0.39 is 5.82 Å². The number of fused-ring (bicyclic) bond motifs is 2. The largest absolute Gasteiger partial charge is 0.508 e. The van der Waals surface area contributed by atoms with Crippen molar-refractivity contribution >= 4 is 21.7 Å². The van der Waals surface area contributed by atoms with Crippen LogP contribution in [0.15, 0.2) is 48.8 Å². The molecular formula is C23H23FN4O2. The summed E-state index contributed by atoms with van der Waals surface area (Å²) < 4.78 is 20.0. The maximum absolute atomic E-state index is 15.0. The molecular weight excluding hydrogens is 383 g/mol. The van der Waals surface area contributed by atoms with Gasteiger partial charge >= 0.3 is 6.01 Å². The van der Waals surface area contributed by atoms with Gasteiger partial charge in [-0.3, -0.25) is 4.98 Å². The van der Waals surface area contributed by atoms with Gasteiger partial charge in [0.15, 0.2) is 5.82 Å². The molecule has 154 valence electrons. The number of benzene rings is 2. The quantitative estimate of drug-likeness (QED) is 0.532. The van der Waals surface area contributed by atoms with Crippen molar-refractivity contribution in [1.29, 1.82) is 0 Å². The Hall–Kier alpha value is -3.32. The number of halogens is 1. The average Bonchev–Trinajstić information content (AvgIpc) is 3.25. The van der Waals surface area contributed by atoms with Crippen LogP contribution in [-0.2, 0) is 0 Å². The summed E-state index contributed by atoms with van der Waals surface area (Å²) in [4.78, 5) is 14.6. The molecule has 1 aliphatic rings. The Morgan fingerprint density at radius 1 is 1.03 bits per heavy atom. The summed E-state index contributed by atoms with van der Waals surface area (Å²) in [5.74, 6) is -0.533. The minimum Gasteiger partial charge on any atom is -0.508 e. The molecule has 1 saturated heterocycles. The fourth-order valence-corrected chi connectivity index (χ4v) is 3.60. The minimum atomic E-state index is -0.580. The maximum atomic E-state index is 15.0. The molecule has 2 aromatic heterocycles. The number of aromatic nitrogens is 3. The van der Waals surface area contributed by atoms with Crippen LogP contribution in [0.2, 0.25) is 0 Å². The summed E-state index contributed by atoms with van der Waals surface area (Å²) >= 11 is 0. The third-order valence-electron chi connectivity index (χ3n) is 5.16. The van der Waals surface area contributed by atoms with Crippen molar-refractivity contribution in [1.82, 2.24) is 19.9 Å². The zero-order valence-corrected chi connectivity index (χ0v) is 17.0. The van der Waals surface area contributed by atoms with Gasteiger partial charge in [0.1, 0.15) is 17.0 Å². The van der Waals surface area contributed by atoms with E-state index in [2.05, 4.69) is 26.9 Å². The monoisotopic (exact) mass is 406 g/mol. The highest BCUT2D eigenvalue weighted by Crippen LogP contribution is 2.34. The number of likely N-dealkylation sites (tertiary alicyclic amines) is 1. The fourth-order valence-electron chi connectivity index (χ4n) is 3.60. The zero-order chi connectivity index (χ0) is 21.1. The second-order valence-electron chi connectivity index (χ2n) is 7.31. The van der Waals surface area contributed by atoms with Crippen molar-refractivity contribution in [2.45, 2.75) is 12.8 Å². The Morgan fingerprint density at radius 2 is 1.77 bits per heavy atom. The van der Waals surface area contributed by atoms with Gasteiger partial charge in [-0.05, 0) is 55.9 Å². The fraction of sp³-hybridized carbons (Fsp3) is 0.261. The van der Waals surface area contributed by atoms with Gasteiger partial charge in [0.25, 0.3) is 0 Å². The van der Waals surface area contributed by atoms with E-state index in [1.807, 2.05) is 24.3 Å². The lowest BCUT2D eigenvalue weighted by molar-refractivity contribution is 0.381. The number of methoxy groups -OCH3 is 1. The van der Waals surface area contributed by atoms with Gasteiger partial charge in [-0.25, -0.2) is 9.37 Å². The van der Waals surface area contributed by atoms with E-state index in [0.29, 0.717) is 10.9 Å². The summed E-state index contributed by atoms with van der Waals surface area (Å²) in [5.41, 5.74) is 0.747. The molecule has 0 amide bonds. The van der Waals surface area contributed by atoms with E-state index in [-0.39, 0.29) is 23.0 Å². The first kappa shape index (κ1) is 20.0. The summed E-state index contributed by atoms with van der Waals surface area (Å²) in [5, 5.41) is 12.0. The summed E-state index contributed by atoms with van der Waals surface area (Å²) in [7, 11) is 3.59. The number of hydrogen-bond acceptors (Lipinski definition) is 6.